The summed E-state index contributed by atoms with van der Waals surface area (Å²) in [4.78, 5) is 25.6. The van der Waals surface area contributed by atoms with Crippen LogP contribution in [-0.4, -0.2) is 25.2 Å². The molecule has 236 valence electrons. The van der Waals surface area contributed by atoms with Gasteiger partial charge in [0, 0.05) is 29.2 Å². The molecule has 46 heavy (non-hydrogen) atoms. The van der Waals surface area contributed by atoms with Crippen LogP contribution in [0.1, 0.15) is 57.7 Å². The van der Waals surface area contributed by atoms with Crippen LogP contribution in [0.4, 0.5) is 17.1 Å². The van der Waals surface area contributed by atoms with Gasteiger partial charge >= 0.3 is 11.9 Å². The zero-order valence-electron chi connectivity index (χ0n) is 27.4. The molecule has 4 aromatic rings. The number of carbonyl (C=O) groups excluding carboxylic acids is 2. The molecule has 5 heteroatoms. The second kappa shape index (κ2) is 14.5. The Kier molecular flexibility index (Phi) is 10.2. The summed E-state index contributed by atoms with van der Waals surface area (Å²) in [7, 11) is 0. The maximum Gasteiger partial charge on any atom is 0.330 e. The van der Waals surface area contributed by atoms with Crippen LogP contribution < -0.4 is 4.90 Å². The molecule has 0 amide bonds. The van der Waals surface area contributed by atoms with Gasteiger partial charge in [0.05, 0.1) is 13.2 Å². The van der Waals surface area contributed by atoms with Crippen molar-refractivity contribution in [2.45, 2.75) is 59.3 Å². The van der Waals surface area contributed by atoms with Gasteiger partial charge in [-0.2, -0.15) is 0 Å². The number of esters is 2. The Hall–Kier alpha value is -4.90. The number of anilines is 3. The van der Waals surface area contributed by atoms with Crippen LogP contribution in [-0.2, 0) is 31.9 Å². The number of benzene rings is 4. The highest BCUT2D eigenvalue weighted by Gasteiger charge is 2.22. The van der Waals surface area contributed by atoms with Crippen LogP contribution in [0, 0.1) is 27.7 Å². The highest BCUT2D eigenvalue weighted by molar-refractivity contribution is 5.83. The van der Waals surface area contributed by atoms with Crippen LogP contribution in [0.25, 0.3) is 11.1 Å². The Balaban J connectivity index is 1.46. The summed E-state index contributed by atoms with van der Waals surface area (Å²) in [5, 5.41) is 0. The van der Waals surface area contributed by atoms with E-state index in [1.54, 1.807) is 0 Å². The SMILES string of the molecule is C=CC(=O)OCCC(CCOC(=O)C=C)c1ccc2c(c1)CCc1cc(N(c3ccc(C)c(C)c3)c3ccc(C)c(C)c3)ccc1-2. The highest BCUT2D eigenvalue weighted by atomic mass is 16.5. The van der Waals surface area contributed by atoms with E-state index in [4.69, 9.17) is 9.47 Å². The summed E-state index contributed by atoms with van der Waals surface area (Å²) in [6, 6.07) is 26.9. The van der Waals surface area contributed by atoms with Gasteiger partial charge in [-0.05, 0) is 146 Å². The van der Waals surface area contributed by atoms with Gasteiger partial charge in [-0.1, -0.05) is 49.6 Å². The minimum absolute atomic E-state index is 0.0637. The van der Waals surface area contributed by atoms with Gasteiger partial charge in [0.15, 0.2) is 0 Å². The lowest BCUT2D eigenvalue weighted by Crippen LogP contribution is -2.13. The predicted octanol–water partition coefficient (Wildman–Crippen LogP) is 9.48. The van der Waals surface area contributed by atoms with Gasteiger partial charge in [-0.15, -0.1) is 0 Å². The molecule has 1 aliphatic rings. The fraction of sp³-hybridized carbons (Fsp3) is 0.268. The number of carbonyl (C=O) groups is 2. The molecule has 0 heterocycles. The van der Waals surface area contributed by atoms with E-state index in [0.717, 1.165) is 35.5 Å². The first-order valence-corrected chi connectivity index (χ1v) is 16.0. The summed E-state index contributed by atoms with van der Waals surface area (Å²) in [6.45, 7) is 16.1. The summed E-state index contributed by atoms with van der Waals surface area (Å²) >= 11 is 0. The fourth-order valence-electron chi connectivity index (χ4n) is 6.17. The molecule has 0 saturated heterocycles. The lowest BCUT2D eigenvalue weighted by molar-refractivity contribution is -0.138. The van der Waals surface area contributed by atoms with Gasteiger partial charge in [0.2, 0.25) is 0 Å². The van der Waals surface area contributed by atoms with Crippen molar-refractivity contribution >= 4 is 29.0 Å². The Morgan fingerprint density at radius 1 is 0.652 bits per heavy atom. The zero-order valence-corrected chi connectivity index (χ0v) is 27.4. The van der Waals surface area contributed by atoms with Gasteiger partial charge in [0.1, 0.15) is 0 Å². The number of hydrogen-bond donors (Lipinski definition) is 0. The fourth-order valence-corrected chi connectivity index (χ4v) is 6.17. The Bertz CT molecular complexity index is 1710. The van der Waals surface area contributed by atoms with Gasteiger partial charge in [-0.25, -0.2) is 9.59 Å². The van der Waals surface area contributed by atoms with Crippen LogP contribution in [0.2, 0.25) is 0 Å². The minimum atomic E-state index is -0.438. The number of rotatable bonds is 12. The molecule has 0 radical (unpaired) electrons. The molecule has 5 rings (SSSR count). The number of fused-ring (bicyclic) bond motifs is 3. The number of nitrogens with zero attached hydrogens (tertiary/aromatic N) is 1. The van der Waals surface area contributed by atoms with E-state index in [9.17, 15) is 9.59 Å². The molecule has 1 aliphatic carbocycles. The summed E-state index contributed by atoms with van der Waals surface area (Å²) in [5.41, 5.74) is 14.8. The molecule has 5 nitrogen and oxygen atoms in total. The van der Waals surface area contributed by atoms with E-state index in [-0.39, 0.29) is 19.1 Å². The molecule has 0 bridgehead atoms. The molecule has 0 N–H and O–H groups in total. The number of aryl methyl sites for hydroxylation is 6. The molecule has 0 aromatic heterocycles. The van der Waals surface area contributed by atoms with E-state index in [1.165, 1.54) is 56.7 Å². The van der Waals surface area contributed by atoms with Crippen molar-refractivity contribution in [1.82, 2.24) is 0 Å². The monoisotopic (exact) mass is 613 g/mol. The van der Waals surface area contributed by atoms with Gasteiger partial charge in [0.25, 0.3) is 0 Å². The Morgan fingerprint density at radius 2 is 1.11 bits per heavy atom. The van der Waals surface area contributed by atoms with Crippen molar-refractivity contribution in [3.8, 4) is 11.1 Å². The van der Waals surface area contributed by atoms with Crippen molar-refractivity contribution in [2.24, 2.45) is 0 Å². The standard InChI is InChI=1S/C41H43NO4/c1-7-40(43)45-21-19-31(20-22-46-41(44)8-2)32-13-17-38-33(25-32)11-12-34-26-37(16-18-39(34)38)42(35-14-9-27(3)29(5)23-35)36-15-10-28(4)30(6)24-36/h7-10,13-18,23-26,31H,1-2,11-12,19-22H2,3-6H3. The highest BCUT2D eigenvalue weighted by Crippen LogP contribution is 2.42. The van der Waals surface area contributed by atoms with Crippen LogP contribution in [0.3, 0.4) is 0 Å². The molecule has 0 spiro atoms. The zero-order chi connectivity index (χ0) is 32.8. The molecule has 4 aromatic carbocycles. The van der Waals surface area contributed by atoms with Crippen LogP contribution in [0.15, 0.2) is 98.1 Å². The Morgan fingerprint density at radius 3 is 1.61 bits per heavy atom. The quantitative estimate of drug-likeness (QED) is 0.118. The topological polar surface area (TPSA) is 55.8 Å². The lowest BCUT2D eigenvalue weighted by atomic mass is 9.82. The Labute approximate surface area is 273 Å². The summed E-state index contributed by atoms with van der Waals surface area (Å²) in [5.74, 6) is -0.813. The third-order valence-corrected chi connectivity index (χ3v) is 9.15. The normalized spacial score (nSPS) is 11.8. The van der Waals surface area contributed by atoms with E-state index < -0.39 is 11.9 Å². The third-order valence-electron chi connectivity index (χ3n) is 9.15. The molecule has 0 unspecified atom stereocenters. The van der Waals surface area contributed by atoms with Gasteiger partial charge < -0.3 is 14.4 Å². The van der Waals surface area contributed by atoms with Gasteiger partial charge in [-0.3, -0.25) is 0 Å². The lowest BCUT2D eigenvalue weighted by Gasteiger charge is -2.29. The van der Waals surface area contributed by atoms with Crippen molar-refractivity contribution in [3.05, 3.63) is 137 Å². The third kappa shape index (κ3) is 7.31. The first kappa shape index (κ1) is 32.5. The maximum absolute atomic E-state index is 11.6. The van der Waals surface area contributed by atoms with Crippen LogP contribution >= 0.6 is 0 Å². The van der Waals surface area contributed by atoms with E-state index in [0.29, 0.717) is 12.8 Å². The first-order chi connectivity index (χ1) is 22.2. The smallest absolute Gasteiger partial charge is 0.330 e. The second-order valence-electron chi connectivity index (χ2n) is 12.1. The minimum Gasteiger partial charge on any atom is -0.463 e. The van der Waals surface area contributed by atoms with E-state index in [2.05, 4.69) is 119 Å². The van der Waals surface area contributed by atoms with Crippen molar-refractivity contribution in [3.63, 3.8) is 0 Å². The van der Waals surface area contributed by atoms with Crippen molar-refractivity contribution < 1.29 is 19.1 Å². The molecule has 0 aliphatic heterocycles. The summed E-state index contributed by atoms with van der Waals surface area (Å²) in [6.07, 6.45) is 5.45. The van der Waals surface area contributed by atoms with Crippen LogP contribution in [0.5, 0.6) is 0 Å². The second-order valence-corrected chi connectivity index (χ2v) is 12.1. The largest absolute Gasteiger partial charge is 0.463 e. The first-order valence-electron chi connectivity index (χ1n) is 16.0. The average molecular weight is 614 g/mol. The number of ether oxygens (including phenoxy) is 2. The average Bonchev–Trinajstić information content (AvgIpc) is 3.06. The molecule has 0 atom stereocenters. The summed E-state index contributed by atoms with van der Waals surface area (Å²) < 4.78 is 10.6. The van der Waals surface area contributed by atoms with Crippen molar-refractivity contribution in [1.29, 1.82) is 0 Å². The molecular formula is C41H43NO4. The maximum atomic E-state index is 11.6. The number of hydrogen-bond acceptors (Lipinski definition) is 5. The molecule has 0 saturated carbocycles. The predicted molar refractivity (Wildman–Crippen MR) is 187 cm³/mol. The van der Waals surface area contributed by atoms with E-state index in [1.807, 2.05) is 0 Å². The molecule has 0 fully saturated rings. The molecular weight excluding hydrogens is 570 g/mol. The van der Waals surface area contributed by atoms with Crippen molar-refractivity contribution in [2.75, 3.05) is 18.1 Å². The van der Waals surface area contributed by atoms with E-state index >= 15 is 0 Å².